The first-order valence-corrected chi connectivity index (χ1v) is 6.06. The predicted octanol–water partition coefficient (Wildman–Crippen LogP) is 1.78. The second-order valence-corrected chi connectivity index (χ2v) is 4.52. The van der Waals surface area contributed by atoms with Gasteiger partial charge >= 0.3 is 0 Å². The fourth-order valence-electron chi connectivity index (χ4n) is 2.47. The molecule has 1 aromatic carbocycles. The van der Waals surface area contributed by atoms with Gasteiger partial charge in [0.2, 0.25) is 5.89 Å². The van der Waals surface area contributed by atoms with Crippen molar-refractivity contribution in [1.29, 1.82) is 0 Å². The molecule has 1 aliphatic rings. The van der Waals surface area contributed by atoms with Crippen molar-refractivity contribution in [1.82, 2.24) is 9.88 Å². The minimum Gasteiger partial charge on any atom is -0.439 e. The SMILES string of the molecule is OC[C@H]1CCCN1Cc1nc2ccccc2o1. The zero-order valence-corrected chi connectivity index (χ0v) is 9.67. The summed E-state index contributed by atoms with van der Waals surface area (Å²) in [6.45, 7) is 1.93. The Morgan fingerprint density at radius 3 is 3.12 bits per heavy atom. The number of rotatable bonds is 3. The lowest BCUT2D eigenvalue weighted by Crippen LogP contribution is -2.31. The van der Waals surface area contributed by atoms with Crippen LogP contribution in [0.15, 0.2) is 28.7 Å². The van der Waals surface area contributed by atoms with E-state index in [9.17, 15) is 5.11 Å². The van der Waals surface area contributed by atoms with Crippen molar-refractivity contribution in [2.75, 3.05) is 13.2 Å². The summed E-state index contributed by atoms with van der Waals surface area (Å²) < 4.78 is 5.69. The molecule has 3 rings (SSSR count). The average molecular weight is 232 g/mol. The number of hydrogen-bond acceptors (Lipinski definition) is 4. The number of benzene rings is 1. The van der Waals surface area contributed by atoms with Crippen LogP contribution in [0.4, 0.5) is 0 Å². The van der Waals surface area contributed by atoms with Gasteiger partial charge in [-0.15, -0.1) is 0 Å². The molecule has 0 aliphatic carbocycles. The molecule has 0 bridgehead atoms. The average Bonchev–Trinajstić information content (AvgIpc) is 2.94. The van der Waals surface area contributed by atoms with Crippen LogP contribution in [0, 0.1) is 0 Å². The van der Waals surface area contributed by atoms with Crippen molar-refractivity contribution >= 4 is 11.1 Å². The quantitative estimate of drug-likeness (QED) is 0.876. The van der Waals surface area contributed by atoms with Crippen LogP contribution in [0.25, 0.3) is 11.1 Å². The zero-order chi connectivity index (χ0) is 11.7. The van der Waals surface area contributed by atoms with Gasteiger partial charge in [-0.1, -0.05) is 12.1 Å². The molecule has 0 spiro atoms. The molecule has 2 heterocycles. The lowest BCUT2D eigenvalue weighted by atomic mass is 10.2. The number of hydrogen-bond donors (Lipinski definition) is 1. The second-order valence-electron chi connectivity index (χ2n) is 4.52. The van der Waals surface area contributed by atoms with Crippen LogP contribution in [-0.4, -0.2) is 34.2 Å². The van der Waals surface area contributed by atoms with E-state index in [1.807, 2.05) is 24.3 Å². The highest BCUT2D eigenvalue weighted by molar-refractivity contribution is 5.72. The van der Waals surface area contributed by atoms with Gasteiger partial charge in [-0.3, -0.25) is 4.90 Å². The highest BCUT2D eigenvalue weighted by Gasteiger charge is 2.25. The van der Waals surface area contributed by atoms with Gasteiger partial charge in [0.1, 0.15) is 5.52 Å². The van der Waals surface area contributed by atoms with E-state index < -0.39 is 0 Å². The van der Waals surface area contributed by atoms with Gasteiger partial charge in [0.25, 0.3) is 0 Å². The van der Waals surface area contributed by atoms with Gasteiger partial charge in [0.15, 0.2) is 5.58 Å². The highest BCUT2D eigenvalue weighted by atomic mass is 16.3. The summed E-state index contributed by atoms with van der Waals surface area (Å²) in [5, 5.41) is 9.26. The van der Waals surface area contributed by atoms with E-state index in [0.717, 1.165) is 36.4 Å². The van der Waals surface area contributed by atoms with E-state index >= 15 is 0 Å². The molecule has 1 atom stereocenters. The highest BCUT2D eigenvalue weighted by Crippen LogP contribution is 2.21. The largest absolute Gasteiger partial charge is 0.439 e. The van der Waals surface area contributed by atoms with Crippen LogP contribution in [0.5, 0.6) is 0 Å². The van der Waals surface area contributed by atoms with Crippen LogP contribution in [0.1, 0.15) is 18.7 Å². The number of para-hydroxylation sites is 2. The Bertz CT molecular complexity index is 476. The maximum Gasteiger partial charge on any atom is 0.209 e. The lowest BCUT2D eigenvalue weighted by Gasteiger charge is -2.20. The summed E-state index contributed by atoms with van der Waals surface area (Å²) in [7, 11) is 0. The van der Waals surface area contributed by atoms with Crippen LogP contribution >= 0.6 is 0 Å². The Morgan fingerprint density at radius 2 is 2.29 bits per heavy atom. The topological polar surface area (TPSA) is 49.5 Å². The van der Waals surface area contributed by atoms with E-state index in [4.69, 9.17) is 4.42 Å². The van der Waals surface area contributed by atoms with Crippen molar-refractivity contribution in [2.24, 2.45) is 0 Å². The molecule has 2 aromatic rings. The maximum absolute atomic E-state index is 9.26. The number of likely N-dealkylation sites (tertiary alicyclic amines) is 1. The first-order chi connectivity index (χ1) is 8.36. The first-order valence-electron chi connectivity index (χ1n) is 6.06. The fraction of sp³-hybridized carbons (Fsp3) is 0.462. The van der Waals surface area contributed by atoms with Crippen molar-refractivity contribution in [3.8, 4) is 0 Å². The molecule has 1 aliphatic heterocycles. The molecule has 0 unspecified atom stereocenters. The standard InChI is InChI=1S/C13H16N2O2/c16-9-10-4-3-7-15(10)8-13-14-11-5-1-2-6-12(11)17-13/h1-2,5-6,10,16H,3-4,7-9H2/t10-/m1/s1. The Morgan fingerprint density at radius 1 is 1.41 bits per heavy atom. The number of oxazole rings is 1. The third-order valence-electron chi connectivity index (χ3n) is 3.39. The van der Waals surface area contributed by atoms with Gasteiger partial charge in [-0.05, 0) is 31.5 Å². The van der Waals surface area contributed by atoms with Gasteiger partial charge in [-0.2, -0.15) is 0 Å². The van der Waals surface area contributed by atoms with Gasteiger partial charge in [0, 0.05) is 6.04 Å². The number of aliphatic hydroxyl groups is 1. The summed E-state index contributed by atoms with van der Waals surface area (Å²) in [6.07, 6.45) is 2.21. The fourth-order valence-corrected chi connectivity index (χ4v) is 2.47. The molecule has 4 nitrogen and oxygen atoms in total. The summed E-state index contributed by atoms with van der Waals surface area (Å²) in [4.78, 5) is 6.70. The first kappa shape index (κ1) is 10.7. The molecule has 0 amide bonds. The van der Waals surface area contributed by atoms with Gasteiger partial charge < -0.3 is 9.52 Å². The maximum atomic E-state index is 9.26. The minimum absolute atomic E-state index is 0.222. The zero-order valence-electron chi connectivity index (χ0n) is 9.67. The number of aromatic nitrogens is 1. The van der Waals surface area contributed by atoms with E-state index in [2.05, 4.69) is 9.88 Å². The van der Waals surface area contributed by atoms with Crippen molar-refractivity contribution in [2.45, 2.75) is 25.4 Å². The molecule has 0 radical (unpaired) electrons. The number of aliphatic hydroxyl groups excluding tert-OH is 1. The Hall–Kier alpha value is -1.39. The van der Waals surface area contributed by atoms with Crippen LogP contribution < -0.4 is 0 Å². The molecule has 1 aromatic heterocycles. The Labute approximate surface area is 99.9 Å². The number of nitrogens with zero attached hydrogens (tertiary/aromatic N) is 2. The smallest absolute Gasteiger partial charge is 0.209 e. The van der Waals surface area contributed by atoms with E-state index in [0.29, 0.717) is 6.54 Å². The van der Waals surface area contributed by atoms with Crippen molar-refractivity contribution in [3.63, 3.8) is 0 Å². The molecule has 1 saturated heterocycles. The number of fused-ring (bicyclic) bond motifs is 1. The predicted molar refractivity (Wildman–Crippen MR) is 64.5 cm³/mol. The molecule has 1 N–H and O–H groups in total. The van der Waals surface area contributed by atoms with Crippen LogP contribution in [0.2, 0.25) is 0 Å². The molecule has 17 heavy (non-hydrogen) atoms. The van der Waals surface area contributed by atoms with Crippen molar-refractivity contribution in [3.05, 3.63) is 30.2 Å². The lowest BCUT2D eigenvalue weighted by molar-refractivity contribution is 0.145. The molecular weight excluding hydrogens is 216 g/mol. The van der Waals surface area contributed by atoms with Crippen LogP contribution in [0.3, 0.4) is 0 Å². The van der Waals surface area contributed by atoms with E-state index in [-0.39, 0.29) is 12.6 Å². The molecule has 1 fully saturated rings. The van der Waals surface area contributed by atoms with Crippen molar-refractivity contribution < 1.29 is 9.52 Å². The third-order valence-corrected chi connectivity index (χ3v) is 3.39. The summed E-state index contributed by atoms with van der Waals surface area (Å²) >= 11 is 0. The second kappa shape index (κ2) is 4.47. The van der Waals surface area contributed by atoms with Gasteiger partial charge in [-0.25, -0.2) is 4.98 Å². The van der Waals surface area contributed by atoms with Gasteiger partial charge in [0.05, 0.1) is 13.2 Å². The normalized spacial score (nSPS) is 21.4. The Kier molecular flexibility index (Phi) is 2.82. The molecule has 0 saturated carbocycles. The van der Waals surface area contributed by atoms with E-state index in [1.165, 1.54) is 0 Å². The molecule has 4 heteroatoms. The Balaban J connectivity index is 1.80. The summed E-state index contributed by atoms with van der Waals surface area (Å²) in [5.74, 6) is 0.742. The third kappa shape index (κ3) is 2.06. The molecule has 90 valence electrons. The van der Waals surface area contributed by atoms with Crippen LogP contribution in [-0.2, 0) is 6.54 Å². The minimum atomic E-state index is 0.222. The summed E-state index contributed by atoms with van der Waals surface area (Å²) in [6, 6.07) is 8.06. The summed E-state index contributed by atoms with van der Waals surface area (Å²) in [5.41, 5.74) is 1.74. The van der Waals surface area contributed by atoms with E-state index in [1.54, 1.807) is 0 Å². The molecular formula is C13H16N2O2. The monoisotopic (exact) mass is 232 g/mol.